The highest BCUT2D eigenvalue weighted by Gasteiger charge is 2.59. The molecule has 21 heavy (non-hydrogen) atoms. The number of rotatable bonds is 3. The maximum Gasteiger partial charge on any atom is 0.257 e. The number of pyridine rings is 1. The summed E-state index contributed by atoms with van der Waals surface area (Å²) in [5, 5.41) is 9.06. The Bertz CT molecular complexity index is 485. The smallest absolute Gasteiger partial charge is 0.257 e. The van der Waals surface area contributed by atoms with Crippen molar-refractivity contribution in [2.24, 2.45) is 5.41 Å². The molecule has 0 amide bonds. The summed E-state index contributed by atoms with van der Waals surface area (Å²) in [6.45, 7) is 2.21. The molecule has 1 spiro atoms. The molecule has 0 bridgehead atoms. The second kappa shape index (κ2) is 5.50. The molecule has 6 heteroatoms. The van der Waals surface area contributed by atoms with Gasteiger partial charge in [-0.15, -0.1) is 0 Å². The van der Waals surface area contributed by atoms with Gasteiger partial charge >= 0.3 is 0 Å². The van der Waals surface area contributed by atoms with Crippen LogP contribution < -0.4 is 4.90 Å². The molecule has 1 N–H and O–H groups in total. The van der Waals surface area contributed by atoms with Crippen molar-refractivity contribution in [1.29, 1.82) is 0 Å². The summed E-state index contributed by atoms with van der Waals surface area (Å²) in [5.41, 5.74) is -0.0968. The summed E-state index contributed by atoms with van der Waals surface area (Å²) in [6.07, 6.45) is 3.78. The standard InChI is InChI=1S/C15H21F2N3O/c16-15(17)4-6-19(8-9-21)11-14(15)3-7-20(12-14)13-2-1-5-18-10-13/h1-2,5,10,21H,3-4,6-9,11-12H2/t14-/m0/s1. The average Bonchev–Trinajstić information content (AvgIpc) is 2.91. The van der Waals surface area contributed by atoms with Crippen LogP contribution in [0, 0.1) is 5.41 Å². The summed E-state index contributed by atoms with van der Waals surface area (Å²) in [7, 11) is 0. The maximum atomic E-state index is 14.5. The van der Waals surface area contributed by atoms with Crippen LogP contribution in [0.25, 0.3) is 0 Å². The molecule has 0 aliphatic carbocycles. The third-order valence-corrected chi connectivity index (χ3v) is 4.83. The highest BCUT2D eigenvalue weighted by atomic mass is 19.3. The number of aliphatic hydroxyl groups excluding tert-OH is 1. The molecule has 3 rings (SSSR count). The van der Waals surface area contributed by atoms with Gasteiger partial charge in [-0.2, -0.15) is 0 Å². The first kappa shape index (κ1) is 14.7. The quantitative estimate of drug-likeness (QED) is 0.920. The van der Waals surface area contributed by atoms with E-state index in [0.29, 0.717) is 39.1 Å². The number of aromatic nitrogens is 1. The Labute approximate surface area is 123 Å². The van der Waals surface area contributed by atoms with Crippen molar-refractivity contribution < 1.29 is 13.9 Å². The molecular formula is C15H21F2N3O. The number of hydrogen-bond donors (Lipinski definition) is 1. The minimum atomic E-state index is -2.64. The summed E-state index contributed by atoms with van der Waals surface area (Å²) in [4.78, 5) is 8.04. The fourth-order valence-corrected chi connectivity index (χ4v) is 3.58. The Morgan fingerprint density at radius 1 is 1.24 bits per heavy atom. The third-order valence-electron chi connectivity index (χ3n) is 4.83. The maximum absolute atomic E-state index is 14.5. The predicted octanol–water partition coefficient (Wildman–Crippen LogP) is 1.61. The molecule has 1 atom stereocenters. The summed E-state index contributed by atoms with van der Waals surface area (Å²) in [5.74, 6) is -2.64. The molecule has 2 saturated heterocycles. The molecule has 2 fully saturated rings. The van der Waals surface area contributed by atoms with Crippen LogP contribution in [0.2, 0.25) is 0 Å². The average molecular weight is 297 g/mol. The van der Waals surface area contributed by atoms with Gasteiger partial charge in [-0.3, -0.25) is 9.88 Å². The lowest BCUT2D eigenvalue weighted by molar-refractivity contribution is -0.158. The topological polar surface area (TPSA) is 39.6 Å². The molecule has 1 aromatic rings. The van der Waals surface area contributed by atoms with Crippen LogP contribution >= 0.6 is 0 Å². The minimum Gasteiger partial charge on any atom is -0.395 e. The van der Waals surface area contributed by atoms with Gasteiger partial charge in [-0.1, -0.05) is 0 Å². The summed E-state index contributed by atoms with van der Waals surface area (Å²) in [6, 6.07) is 3.75. The summed E-state index contributed by atoms with van der Waals surface area (Å²) < 4.78 is 29.1. The molecule has 4 nitrogen and oxygen atoms in total. The van der Waals surface area contributed by atoms with E-state index in [1.54, 1.807) is 12.4 Å². The zero-order valence-corrected chi connectivity index (χ0v) is 12.0. The highest BCUT2D eigenvalue weighted by molar-refractivity contribution is 5.45. The molecule has 2 aliphatic heterocycles. The lowest BCUT2D eigenvalue weighted by atomic mass is 9.75. The van der Waals surface area contributed by atoms with Gasteiger partial charge in [-0.05, 0) is 18.6 Å². The molecule has 0 unspecified atom stereocenters. The highest BCUT2D eigenvalue weighted by Crippen LogP contribution is 2.50. The zero-order valence-electron chi connectivity index (χ0n) is 12.0. The van der Waals surface area contributed by atoms with Gasteiger partial charge < -0.3 is 10.0 Å². The Kier molecular flexibility index (Phi) is 3.84. The number of nitrogens with zero attached hydrogens (tertiary/aromatic N) is 3. The monoisotopic (exact) mass is 297 g/mol. The van der Waals surface area contributed by atoms with Gasteiger partial charge in [0.1, 0.15) is 0 Å². The van der Waals surface area contributed by atoms with Gasteiger partial charge in [0.2, 0.25) is 0 Å². The molecule has 0 saturated carbocycles. The number of halogens is 2. The third kappa shape index (κ3) is 2.62. The summed E-state index contributed by atoms with van der Waals surface area (Å²) >= 11 is 0. The van der Waals surface area contributed by atoms with Crippen molar-refractivity contribution >= 4 is 5.69 Å². The number of β-amino-alcohol motifs (C(OH)–C–C–N with tert-alkyl or cyclic N) is 1. The first-order chi connectivity index (χ1) is 10.1. The van der Waals surface area contributed by atoms with Crippen LogP contribution in [0.1, 0.15) is 12.8 Å². The Balaban J connectivity index is 1.79. The predicted molar refractivity (Wildman–Crippen MR) is 76.6 cm³/mol. The van der Waals surface area contributed by atoms with E-state index in [1.807, 2.05) is 21.9 Å². The molecule has 0 aromatic carbocycles. The van der Waals surface area contributed by atoms with Gasteiger partial charge in [0, 0.05) is 45.3 Å². The Hall–Kier alpha value is -1.27. The van der Waals surface area contributed by atoms with E-state index in [-0.39, 0.29) is 13.0 Å². The molecule has 116 valence electrons. The van der Waals surface area contributed by atoms with Crippen molar-refractivity contribution in [1.82, 2.24) is 9.88 Å². The van der Waals surface area contributed by atoms with Crippen LogP contribution in [-0.2, 0) is 0 Å². The van der Waals surface area contributed by atoms with E-state index in [0.717, 1.165) is 5.69 Å². The van der Waals surface area contributed by atoms with Crippen molar-refractivity contribution in [3.05, 3.63) is 24.5 Å². The van der Waals surface area contributed by atoms with E-state index in [2.05, 4.69) is 4.98 Å². The minimum absolute atomic E-state index is 0.0218. The van der Waals surface area contributed by atoms with E-state index in [4.69, 9.17) is 5.11 Å². The van der Waals surface area contributed by atoms with Gasteiger partial charge in [-0.25, -0.2) is 8.78 Å². The Morgan fingerprint density at radius 2 is 2.10 bits per heavy atom. The molecular weight excluding hydrogens is 276 g/mol. The van der Waals surface area contributed by atoms with Crippen LogP contribution in [-0.4, -0.2) is 60.2 Å². The van der Waals surface area contributed by atoms with Crippen LogP contribution in [0.3, 0.4) is 0 Å². The van der Waals surface area contributed by atoms with E-state index in [1.165, 1.54) is 0 Å². The first-order valence-electron chi connectivity index (χ1n) is 7.42. The van der Waals surface area contributed by atoms with E-state index >= 15 is 0 Å². The van der Waals surface area contributed by atoms with Gasteiger partial charge in [0.25, 0.3) is 5.92 Å². The zero-order chi connectivity index (χ0) is 14.9. The van der Waals surface area contributed by atoms with Crippen LogP contribution in [0.15, 0.2) is 24.5 Å². The normalized spacial score (nSPS) is 29.2. The lowest BCUT2D eigenvalue weighted by Crippen LogP contribution is -2.57. The van der Waals surface area contributed by atoms with Crippen molar-refractivity contribution in [3.63, 3.8) is 0 Å². The first-order valence-corrected chi connectivity index (χ1v) is 7.42. The largest absolute Gasteiger partial charge is 0.395 e. The number of piperidine rings is 1. The molecule has 0 radical (unpaired) electrons. The molecule has 3 heterocycles. The number of hydrogen-bond acceptors (Lipinski definition) is 4. The van der Waals surface area contributed by atoms with E-state index < -0.39 is 11.3 Å². The van der Waals surface area contributed by atoms with Crippen LogP contribution in [0.4, 0.5) is 14.5 Å². The SMILES string of the molecule is OCCN1CCC(F)(F)[C@@]2(CCN(c3cccnc3)C2)C1. The van der Waals surface area contributed by atoms with Crippen molar-refractivity contribution in [2.75, 3.05) is 44.2 Å². The number of likely N-dealkylation sites (tertiary alicyclic amines) is 1. The van der Waals surface area contributed by atoms with Crippen molar-refractivity contribution in [3.8, 4) is 0 Å². The van der Waals surface area contributed by atoms with Gasteiger partial charge in [0.15, 0.2) is 0 Å². The van der Waals surface area contributed by atoms with Crippen molar-refractivity contribution in [2.45, 2.75) is 18.8 Å². The molecule has 1 aromatic heterocycles. The lowest BCUT2D eigenvalue weighted by Gasteiger charge is -2.45. The number of aliphatic hydroxyl groups is 1. The number of alkyl halides is 2. The number of anilines is 1. The molecule has 2 aliphatic rings. The second-order valence-corrected chi connectivity index (χ2v) is 6.12. The second-order valence-electron chi connectivity index (χ2n) is 6.12. The van der Waals surface area contributed by atoms with E-state index in [9.17, 15) is 8.78 Å². The van der Waals surface area contributed by atoms with Crippen LogP contribution in [0.5, 0.6) is 0 Å². The fourth-order valence-electron chi connectivity index (χ4n) is 3.58. The Morgan fingerprint density at radius 3 is 2.81 bits per heavy atom. The fraction of sp³-hybridized carbons (Fsp3) is 0.667. The van der Waals surface area contributed by atoms with Gasteiger partial charge in [0.05, 0.1) is 23.9 Å².